The zero-order valence-corrected chi connectivity index (χ0v) is 18.3. The summed E-state index contributed by atoms with van der Waals surface area (Å²) in [5.41, 5.74) is 1.94. The maximum absolute atomic E-state index is 13.7. The van der Waals surface area contributed by atoms with E-state index in [4.69, 9.17) is 9.47 Å². The van der Waals surface area contributed by atoms with Crippen molar-refractivity contribution in [1.82, 2.24) is 15.2 Å². The molecule has 1 aliphatic carbocycles. The average molecular weight is 424 g/mol. The number of hydrogen-bond donors (Lipinski definition) is 1. The first-order valence-corrected chi connectivity index (χ1v) is 10.8. The van der Waals surface area contributed by atoms with E-state index in [9.17, 15) is 9.59 Å². The van der Waals surface area contributed by atoms with Crippen LogP contribution in [0.25, 0.3) is 0 Å². The number of pyridine rings is 1. The van der Waals surface area contributed by atoms with Crippen LogP contribution in [0.1, 0.15) is 65.5 Å². The van der Waals surface area contributed by atoms with Gasteiger partial charge in [-0.25, -0.2) is 0 Å². The number of carbonyl (C=O) groups excluding carboxylic acids is 2. The van der Waals surface area contributed by atoms with Gasteiger partial charge in [0.05, 0.1) is 26.2 Å². The molecule has 1 fully saturated rings. The lowest BCUT2D eigenvalue weighted by molar-refractivity contribution is -0.125. The maximum Gasteiger partial charge on any atom is 0.254 e. The van der Waals surface area contributed by atoms with Crippen LogP contribution in [0.3, 0.4) is 0 Å². The van der Waals surface area contributed by atoms with Crippen molar-refractivity contribution in [2.24, 2.45) is 0 Å². The van der Waals surface area contributed by atoms with Crippen molar-refractivity contribution in [3.63, 3.8) is 0 Å². The van der Waals surface area contributed by atoms with Crippen molar-refractivity contribution in [3.05, 3.63) is 53.3 Å². The number of carbonyl (C=O) groups is 2. The molecule has 2 atom stereocenters. The molecule has 164 valence electrons. The fourth-order valence-corrected chi connectivity index (χ4v) is 4.84. The molecule has 2 aliphatic rings. The second-order valence-corrected chi connectivity index (χ2v) is 8.26. The molecule has 1 aromatic carbocycles. The molecule has 0 spiro atoms. The lowest BCUT2D eigenvalue weighted by Gasteiger charge is -2.40. The van der Waals surface area contributed by atoms with Crippen LogP contribution < -0.4 is 14.8 Å². The van der Waals surface area contributed by atoms with Gasteiger partial charge in [0.15, 0.2) is 11.5 Å². The summed E-state index contributed by atoms with van der Waals surface area (Å²) >= 11 is 0. The van der Waals surface area contributed by atoms with Crippen molar-refractivity contribution in [3.8, 4) is 11.5 Å². The van der Waals surface area contributed by atoms with E-state index >= 15 is 0 Å². The molecular weight excluding hydrogens is 394 g/mol. The zero-order valence-electron chi connectivity index (χ0n) is 18.3. The van der Waals surface area contributed by atoms with Crippen molar-refractivity contribution in [1.29, 1.82) is 0 Å². The number of likely N-dealkylation sites (N-methyl/N-ethyl adjacent to an activating group) is 1. The molecule has 31 heavy (non-hydrogen) atoms. The Morgan fingerprint density at radius 3 is 2.48 bits per heavy atom. The van der Waals surface area contributed by atoms with E-state index in [0.717, 1.165) is 31.2 Å². The summed E-state index contributed by atoms with van der Waals surface area (Å²) in [7, 11) is 4.82. The topological polar surface area (TPSA) is 80.8 Å². The van der Waals surface area contributed by atoms with Gasteiger partial charge in [-0.05, 0) is 42.2 Å². The normalized spacial score (nSPS) is 21.4. The van der Waals surface area contributed by atoms with Gasteiger partial charge in [0.25, 0.3) is 5.91 Å². The molecule has 2 amide bonds. The van der Waals surface area contributed by atoms with Crippen molar-refractivity contribution < 1.29 is 19.1 Å². The lowest BCUT2D eigenvalue weighted by atomic mass is 9.79. The first kappa shape index (κ1) is 21.2. The molecule has 7 nitrogen and oxygen atoms in total. The fourth-order valence-electron chi connectivity index (χ4n) is 4.84. The highest BCUT2D eigenvalue weighted by Crippen LogP contribution is 2.45. The van der Waals surface area contributed by atoms with Crippen LogP contribution in [0.2, 0.25) is 0 Å². The largest absolute Gasteiger partial charge is 0.493 e. The number of hydrogen-bond acceptors (Lipinski definition) is 5. The number of amides is 2. The Kier molecular flexibility index (Phi) is 6.11. The molecular formula is C24H29N3O4. The molecule has 1 aliphatic heterocycles. The molecule has 1 saturated carbocycles. The van der Waals surface area contributed by atoms with Crippen LogP contribution in [0.5, 0.6) is 11.5 Å². The predicted octanol–water partition coefficient (Wildman–Crippen LogP) is 3.46. The molecule has 2 heterocycles. The summed E-state index contributed by atoms with van der Waals surface area (Å²) in [6.45, 7) is 0. The number of ether oxygens (including phenoxy) is 2. The third kappa shape index (κ3) is 3.96. The number of fused-ring (bicyclic) bond motifs is 1. The Bertz CT molecular complexity index is 957. The highest BCUT2D eigenvalue weighted by molar-refractivity contribution is 6.02. The fraction of sp³-hybridized carbons (Fsp3) is 0.458. The standard InChI is InChI=1S/C24H29N3O4/c1-27-22(15-8-7-11-25-14-15)21(23(28)26-16-9-5-4-6-10-16)17-12-19(30-2)20(31-3)13-18(17)24(27)29/h7-8,11-14,16,21-22H,4-6,9-10H2,1-3H3,(H,26,28). The van der Waals surface area contributed by atoms with Gasteiger partial charge < -0.3 is 19.7 Å². The van der Waals surface area contributed by atoms with Crippen LogP contribution in [0.4, 0.5) is 0 Å². The summed E-state index contributed by atoms with van der Waals surface area (Å²) in [5.74, 6) is 0.150. The van der Waals surface area contributed by atoms with Gasteiger partial charge in [-0.1, -0.05) is 25.3 Å². The minimum absolute atomic E-state index is 0.0754. The van der Waals surface area contributed by atoms with Gasteiger partial charge in [-0.2, -0.15) is 0 Å². The quantitative estimate of drug-likeness (QED) is 0.797. The van der Waals surface area contributed by atoms with E-state index in [1.807, 2.05) is 12.1 Å². The molecule has 1 aromatic heterocycles. The lowest BCUT2D eigenvalue weighted by Crippen LogP contribution is -2.48. The van der Waals surface area contributed by atoms with Gasteiger partial charge in [0, 0.05) is 31.0 Å². The van der Waals surface area contributed by atoms with E-state index in [1.165, 1.54) is 13.5 Å². The Labute approximate surface area is 182 Å². The van der Waals surface area contributed by atoms with Gasteiger partial charge in [-0.3, -0.25) is 14.6 Å². The highest BCUT2D eigenvalue weighted by Gasteiger charge is 2.44. The van der Waals surface area contributed by atoms with Crippen molar-refractivity contribution >= 4 is 11.8 Å². The summed E-state index contributed by atoms with van der Waals surface area (Å²) in [4.78, 5) is 32.8. The molecule has 0 saturated heterocycles. The smallest absolute Gasteiger partial charge is 0.254 e. The Balaban J connectivity index is 1.82. The SMILES string of the molecule is COc1cc2c(cc1OC)C(C(=O)NC1CCCCC1)C(c1cccnc1)N(C)C2=O. The molecule has 2 unspecified atom stereocenters. The third-order valence-electron chi connectivity index (χ3n) is 6.43. The number of nitrogens with one attached hydrogen (secondary N) is 1. The van der Waals surface area contributed by atoms with E-state index in [0.29, 0.717) is 22.6 Å². The van der Waals surface area contributed by atoms with E-state index in [-0.39, 0.29) is 17.9 Å². The molecule has 2 aromatic rings. The Morgan fingerprint density at radius 1 is 1.13 bits per heavy atom. The minimum atomic E-state index is -0.580. The first-order valence-electron chi connectivity index (χ1n) is 10.8. The molecule has 0 radical (unpaired) electrons. The number of methoxy groups -OCH3 is 2. The van der Waals surface area contributed by atoms with Crippen LogP contribution in [0.15, 0.2) is 36.7 Å². The zero-order chi connectivity index (χ0) is 22.0. The minimum Gasteiger partial charge on any atom is -0.493 e. The monoisotopic (exact) mass is 423 g/mol. The molecule has 1 N–H and O–H groups in total. The Morgan fingerprint density at radius 2 is 1.84 bits per heavy atom. The van der Waals surface area contributed by atoms with E-state index in [2.05, 4.69) is 10.3 Å². The van der Waals surface area contributed by atoms with Gasteiger partial charge >= 0.3 is 0 Å². The van der Waals surface area contributed by atoms with Crippen molar-refractivity contribution in [2.75, 3.05) is 21.3 Å². The highest BCUT2D eigenvalue weighted by atomic mass is 16.5. The van der Waals surface area contributed by atoms with Crippen LogP contribution in [-0.4, -0.2) is 49.0 Å². The van der Waals surface area contributed by atoms with Crippen LogP contribution in [-0.2, 0) is 4.79 Å². The second-order valence-electron chi connectivity index (χ2n) is 8.26. The molecule has 0 bridgehead atoms. The number of nitrogens with zero attached hydrogens (tertiary/aromatic N) is 2. The van der Waals surface area contributed by atoms with E-state index < -0.39 is 12.0 Å². The molecule has 4 rings (SSSR count). The summed E-state index contributed by atoms with van der Waals surface area (Å²) in [5, 5.41) is 3.26. The predicted molar refractivity (Wildman–Crippen MR) is 116 cm³/mol. The number of aromatic nitrogens is 1. The van der Waals surface area contributed by atoms with Crippen LogP contribution >= 0.6 is 0 Å². The number of benzene rings is 1. The van der Waals surface area contributed by atoms with E-state index in [1.54, 1.807) is 43.6 Å². The second kappa shape index (κ2) is 8.96. The van der Waals surface area contributed by atoms with Gasteiger partial charge in [0.1, 0.15) is 0 Å². The first-order chi connectivity index (χ1) is 15.0. The average Bonchev–Trinajstić information content (AvgIpc) is 2.81. The summed E-state index contributed by atoms with van der Waals surface area (Å²) in [6.07, 6.45) is 8.86. The Hall–Kier alpha value is -3.09. The van der Waals surface area contributed by atoms with Crippen LogP contribution in [0, 0.1) is 0 Å². The third-order valence-corrected chi connectivity index (χ3v) is 6.43. The maximum atomic E-state index is 13.7. The number of rotatable bonds is 5. The summed E-state index contributed by atoms with van der Waals surface area (Å²) < 4.78 is 10.9. The molecule has 7 heteroatoms. The summed E-state index contributed by atoms with van der Waals surface area (Å²) in [6, 6.07) is 6.89. The van der Waals surface area contributed by atoms with Crippen molar-refractivity contribution in [2.45, 2.75) is 50.1 Å². The van der Waals surface area contributed by atoms with Gasteiger partial charge in [0.2, 0.25) is 5.91 Å². The van der Waals surface area contributed by atoms with Gasteiger partial charge in [-0.15, -0.1) is 0 Å².